The van der Waals surface area contributed by atoms with E-state index in [1.54, 1.807) is 6.07 Å². The van der Waals surface area contributed by atoms with Crippen LogP contribution in [0.15, 0.2) is 42.7 Å². The number of pyridine rings is 1. The zero-order valence-corrected chi connectivity index (χ0v) is 14.1. The molecule has 6 heteroatoms. The number of hydrogen-bond donors (Lipinski definition) is 0. The summed E-state index contributed by atoms with van der Waals surface area (Å²) in [5.74, 6) is 0.946. The average molecular weight is 333 g/mol. The van der Waals surface area contributed by atoms with Crippen molar-refractivity contribution in [3.8, 4) is 6.07 Å². The van der Waals surface area contributed by atoms with E-state index in [1.165, 1.54) is 0 Å². The van der Waals surface area contributed by atoms with Crippen LogP contribution in [0.1, 0.15) is 11.1 Å². The molecular formula is C19H19N5O. The number of nitriles is 1. The Kier molecular flexibility index (Phi) is 4.08. The fourth-order valence-corrected chi connectivity index (χ4v) is 3.17. The monoisotopic (exact) mass is 333 g/mol. The summed E-state index contributed by atoms with van der Waals surface area (Å²) in [7, 11) is 0. The highest BCUT2D eigenvalue weighted by Gasteiger charge is 2.22. The van der Waals surface area contributed by atoms with Crippen LogP contribution in [-0.2, 0) is 11.3 Å². The lowest BCUT2D eigenvalue weighted by atomic mass is 10.1. The molecule has 0 spiro atoms. The third-order valence-corrected chi connectivity index (χ3v) is 4.42. The van der Waals surface area contributed by atoms with Crippen LogP contribution in [-0.4, -0.2) is 40.6 Å². The number of fused-ring (bicyclic) bond motifs is 1. The van der Waals surface area contributed by atoms with Gasteiger partial charge in [-0.25, -0.2) is 4.98 Å². The summed E-state index contributed by atoms with van der Waals surface area (Å²) in [5.41, 5.74) is 2.71. The predicted octanol–water partition coefficient (Wildman–Crippen LogP) is 2.52. The molecule has 2 aromatic heterocycles. The second kappa shape index (κ2) is 6.54. The summed E-state index contributed by atoms with van der Waals surface area (Å²) >= 11 is 0. The second-order valence-corrected chi connectivity index (χ2v) is 6.37. The van der Waals surface area contributed by atoms with E-state index in [4.69, 9.17) is 15.0 Å². The van der Waals surface area contributed by atoms with Gasteiger partial charge >= 0.3 is 0 Å². The van der Waals surface area contributed by atoms with Crippen LogP contribution in [0.4, 0.5) is 5.82 Å². The van der Waals surface area contributed by atoms with Crippen LogP contribution in [0, 0.1) is 18.3 Å². The Balaban J connectivity index is 1.52. The van der Waals surface area contributed by atoms with Gasteiger partial charge in [-0.2, -0.15) is 10.4 Å². The maximum absolute atomic E-state index is 9.01. The molecule has 3 heterocycles. The number of ether oxygens (including phenoxy) is 1. The molecule has 4 rings (SSSR count). The zero-order chi connectivity index (χ0) is 17.2. The van der Waals surface area contributed by atoms with Gasteiger partial charge in [-0.05, 0) is 42.8 Å². The first-order valence-electron chi connectivity index (χ1n) is 8.38. The fraction of sp³-hybridized carbons (Fsp3) is 0.316. The number of anilines is 1. The molecule has 0 aliphatic carbocycles. The predicted molar refractivity (Wildman–Crippen MR) is 95.4 cm³/mol. The zero-order valence-electron chi connectivity index (χ0n) is 14.1. The van der Waals surface area contributed by atoms with Gasteiger partial charge in [0.1, 0.15) is 5.82 Å². The molecular weight excluding hydrogens is 314 g/mol. The van der Waals surface area contributed by atoms with Crippen LogP contribution < -0.4 is 4.90 Å². The fourth-order valence-electron chi connectivity index (χ4n) is 3.17. The molecule has 0 unspecified atom stereocenters. The lowest BCUT2D eigenvalue weighted by Gasteiger charge is -2.33. The molecule has 0 amide bonds. The highest BCUT2D eigenvalue weighted by molar-refractivity contribution is 5.81. The summed E-state index contributed by atoms with van der Waals surface area (Å²) in [6, 6.07) is 11.8. The molecule has 1 aliphatic rings. The van der Waals surface area contributed by atoms with Gasteiger partial charge in [0.25, 0.3) is 0 Å². The molecule has 1 fully saturated rings. The van der Waals surface area contributed by atoms with E-state index >= 15 is 0 Å². The quantitative estimate of drug-likeness (QED) is 0.737. The van der Waals surface area contributed by atoms with Crippen LogP contribution in [0.5, 0.6) is 0 Å². The molecule has 6 nitrogen and oxygen atoms in total. The highest BCUT2D eigenvalue weighted by Crippen LogP contribution is 2.21. The number of rotatable bonds is 3. The van der Waals surface area contributed by atoms with Crippen molar-refractivity contribution in [2.75, 3.05) is 24.6 Å². The molecule has 0 radical (unpaired) electrons. The maximum Gasteiger partial charge on any atom is 0.129 e. The van der Waals surface area contributed by atoms with Crippen LogP contribution >= 0.6 is 0 Å². The van der Waals surface area contributed by atoms with Crippen molar-refractivity contribution in [2.24, 2.45) is 0 Å². The first kappa shape index (κ1) is 15.6. The van der Waals surface area contributed by atoms with Gasteiger partial charge in [0, 0.05) is 24.7 Å². The number of hydrogen-bond acceptors (Lipinski definition) is 5. The summed E-state index contributed by atoms with van der Waals surface area (Å²) in [5, 5.41) is 14.3. The third-order valence-electron chi connectivity index (χ3n) is 4.42. The van der Waals surface area contributed by atoms with Crippen molar-refractivity contribution in [3.05, 3.63) is 53.9 Å². The van der Waals surface area contributed by atoms with Crippen LogP contribution in [0.3, 0.4) is 0 Å². The Hall–Kier alpha value is -2.91. The Morgan fingerprint density at radius 1 is 1.32 bits per heavy atom. The van der Waals surface area contributed by atoms with Gasteiger partial charge in [-0.3, -0.25) is 4.68 Å². The van der Waals surface area contributed by atoms with Gasteiger partial charge in [0.2, 0.25) is 0 Å². The highest BCUT2D eigenvalue weighted by atomic mass is 16.5. The lowest BCUT2D eigenvalue weighted by molar-refractivity contribution is 0.0272. The van der Waals surface area contributed by atoms with Crippen molar-refractivity contribution in [1.82, 2.24) is 14.8 Å². The van der Waals surface area contributed by atoms with E-state index in [2.05, 4.69) is 16.1 Å². The van der Waals surface area contributed by atoms with Crippen molar-refractivity contribution in [3.63, 3.8) is 0 Å². The Labute approximate surface area is 146 Å². The Morgan fingerprint density at radius 2 is 2.24 bits per heavy atom. The third kappa shape index (κ3) is 3.32. The minimum Gasteiger partial charge on any atom is -0.373 e. The van der Waals surface area contributed by atoms with E-state index < -0.39 is 0 Å². The molecule has 0 bridgehead atoms. The Morgan fingerprint density at radius 3 is 3.04 bits per heavy atom. The van der Waals surface area contributed by atoms with Gasteiger partial charge in [0.15, 0.2) is 0 Å². The van der Waals surface area contributed by atoms with Gasteiger partial charge in [-0.15, -0.1) is 0 Å². The standard InChI is InChI=1S/C19H19N5O/c1-14-10-21-24(11-14)13-17-12-23(6-7-25-17)19-5-3-16-8-15(9-20)2-4-18(16)22-19/h2-5,8,10-11,17H,6-7,12-13H2,1H3/t17-/m0/s1. The molecule has 1 aliphatic heterocycles. The molecule has 1 saturated heterocycles. The molecule has 3 aromatic rings. The van der Waals surface area contributed by atoms with Crippen molar-refractivity contribution in [1.29, 1.82) is 5.26 Å². The number of benzene rings is 1. The Bertz CT molecular complexity index is 942. The smallest absolute Gasteiger partial charge is 0.129 e. The van der Waals surface area contributed by atoms with Crippen molar-refractivity contribution < 1.29 is 4.74 Å². The number of nitrogens with zero attached hydrogens (tertiary/aromatic N) is 5. The topological polar surface area (TPSA) is 67.0 Å². The molecule has 0 N–H and O–H groups in total. The average Bonchev–Trinajstić information content (AvgIpc) is 3.05. The SMILES string of the molecule is Cc1cnn(C[C@@H]2CN(c3ccc4cc(C#N)ccc4n3)CCO2)c1. The van der Waals surface area contributed by atoms with Crippen LogP contribution in [0.25, 0.3) is 10.9 Å². The maximum atomic E-state index is 9.01. The largest absolute Gasteiger partial charge is 0.373 e. The summed E-state index contributed by atoms with van der Waals surface area (Å²) in [4.78, 5) is 7.01. The van der Waals surface area contributed by atoms with Crippen molar-refractivity contribution in [2.45, 2.75) is 19.6 Å². The minimum atomic E-state index is 0.0894. The van der Waals surface area contributed by atoms with Gasteiger partial charge < -0.3 is 9.64 Å². The first-order valence-corrected chi connectivity index (χ1v) is 8.38. The van der Waals surface area contributed by atoms with Gasteiger partial charge in [-0.1, -0.05) is 0 Å². The molecule has 25 heavy (non-hydrogen) atoms. The van der Waals surface area contributed by atoms with E-state index in [0.717, 1.165) is 41.9 Å². The van der Waals surface area contributed by atoms with E-state index in [1.807, 2.05) is 48.3 Å². The van der Waals surface area contributed by atoms with Crippen LogP contribution in [0.2, 0.25) is 0 Å². The number of aryl methyl sites for hydroxylation is 1. The van der Waals surface area contributed by atoms with Gasteiger partial charge in [0.05, 0.1) is 42.6 Å². The number of morpholine rings is 1. The second-order valence-electron chi connectivity index (χ2n) is 6.37. The summed E-state index contributed by atoms with van der Waals surface area (Å²) in [6.45, 7) is 5.06. The summed E-state index contributed by atoms with van der Waals surface area (Å²) < 4.78 is 7.83. The van der Waals surface area contributed by atoms with Crippen molar-refractivity contribution >= 4 is 16.7 Å². The summed E-state index contributed by atoms with van der Waals surface area (Å²) in [6.07, 6.45) is 3.98. The molecule has 0 saturated carbocycles. The molecule has 126 valence electrons. The minimum absolute atomic E-state index is 0.0894. The lowest BCUT2D eigenvalue weighted by Crippen LogP contribution is -2.44. The van der Waals surface area contributed by atoms with E-state index in [0.29, 0.717) is 12.2 Å². The first-order chi connectivity index (χ1) is 12.2. The normalized spacial score (nSPS) is 17.6. The molecule has 1 atom stereocenters. The van der Waals surface area contributed by atoms with E-state index in [9.17, 15) is 0 Å². The van der Waals surface area contributed by atoms with E-state index in [-0.39, 0.29) is 6.10 Å². The number of aromatic nitrogens is 3. The molecule has 1 aromatic carbocycles.